The molecule has 4 nitrogen and oxygen atoms in total. The number of halogens is 1. The standard InChI is InChI=1S/C9H8ClN3O/c1-13-9(10)11-8(12-13)6-2-4-7(14)5-3-6/h2-5,14H,1H3. The zero-order valence-corrected chi connectivity index (χ0v) is 8.23. The lowest BCUT2D eigenvalue weighted by Gasteiger charge is -1.94. The van der Waals surface area contributed by atoms with Crippen molar-refractivity contribution in [3.63, 3.8) is 0 Å². The highest BCUT2D eigenvalue weighted by Crippen LogP contribution is 2.19. The summed E-state index contributed by atoms with van der Waals surface area (Å²) in [6, 6.07) is 6.64. The Balaban J connectivity index is 2.44. The number of phenolic OH excluding ortho intramolecular Hbond substituents is 1. The summed E-state index contributed by atoms with van der Waals surface area (Å²) in [4.78, 5) is 4.05. The van der Waals surface area contributed by atoms with E-state index in [4.69, 9.17) is 16.7 Å². The number of benzene rings is 1. The van der Waals surface area contributed by atoms with Crippen LogP contribution in [0.4, 0.5) is 0 Å². The van der Waals surface area contributed by atoms with Gasteiger partial charge in [0, 0.05) is 12.6 Å². The van der Waals surface area contributed by atoms with E-state index in [0.29, 0.717) is 11.1 Å². The van der Waals surface area contributed by atoms with Crippen molar-refractivity contribution in [2.75, 3.05) is 0 Å². The van der Waals surface area contributed by atoms with E-state index in [1.807, 2.05) is 0 Å². The summed E-state index contributed by atoms with van der Waals surface area (Å²) in [7, 11) is 1.72. The van der Waals surface area contributed by atoms with Gasteiger partial charge < -0.3 is 5.11 Å². The molecule has 1 aromatic heterocycles. The summed E-state index contributed by atoms with van der Waals surface area (Å²) in [5.74, 6) is 0.772. The third-order valence-electron chi connectivity index (χ3n) is 1.84. The Morgan fingerprint density at radius 1 is 1.29 bits per heavy atom. The molecule has 1 N–H and O–H groups in total. The number of nitrogens with zero attached hydrogens (tertiary/aromatic N) is 3. The summed E-state index contributed by atoms with van der Waals surface area (Å²) < 4.78 is 1.49. The summed E-state index contributed by atoms with van der Waals surface area (Å²) in [5.41, 5.74) is 0.824. The molecule has 0 aliphatic heterocycles. The average Bonchev–Trinajstić information content (AvgIpc) is 2.48. The lowest BCUT2D eigenvalue weighted by atomic mass is 10.2. The van der Waals surface area contributed by atoms with Crippen LogP contribution < -0.4 is 0 Å². The number of hydrogen-bond donors (Lipinski definition) is 1. The summed E-state index contributed by atoms with van der Waals surface area (Å²) in [6.45, 7) is 0. The molecule has 1 heterocycles. The van der Waals surface area contributed by atoms with Gasteiger partial charge in [0.2, 0.25) is 5.28 Å². The minimum Gasteiger partial charge on any atom is -0.508 e. The molecule has 1 aromatic carbocycles. The highest BCUT2D eigenvalue weighted by atomic mass is 35.5. The van der Waals surface area contributed by atoms with Crippen LogP contribution in [0.3, 0.4) is 0 Å². The zero-order chi connectivity index (χ0) is 10.1. The predicted molar refractivity (Wildman–Crippen MR) is 53.1 cm³/mol. The lowest BCUT2D eigenvalue weighted by molar-refractivity contribution is 0.475. The van der Waals surface area contributed by atoms with E-state index < -0.39 is 0 Å². The molecule has 0 bridgehead atoms. The molecular weight excluding hydrogens is 202 g/mol. The number of phenols is 1. The Morgan fingerprint density at radius 2 is 1.93 bits per heavy atom. The minimum atomic E-state index is 0.218. The van der Waals surface area contributed by atoms with Crippen molar-refractivity contribution in [3.8, 4) is 17.1 Å². The molecule has 0 fully saturated rings. The third-order valence-corrected chi connectivity index (χ3v) is 2.16. The zero-order valence-electron chi connectivity index (χ0n) is 7.48. The van der Waals surface area contributed by atoms with Crippen molar-refractivity contribution < 1.29 is 5.11 Å². The molecule has 2 rings (SSSR count). The SMILES string of the molecule is Cn1nc(-c2ccc(O)cc2)nc1Cl. The van der Waals surface area contributed by atoms with Crippen molar-refractivity contribution in [1.29, 1.82) is 0 Å². The highest BCUT2D eigenvalue weighted by molar-refractivity contribution is 6.28. The first kappa shape index (κ1) is 9.02. The largest absolute Gasteiger partial charge is 0.508 e. The van der Waals surface area contributed by atoms with E-state index in [2.05, 4.69) is 10.1 Å². The molecule has 0 unspecified atom stereocenters. The maximum absolute atomic E-state index is 9.09. The molecule has 0 radical (unpaired) electrons. The molecular formula is C9H8ClN3O. The third kappa shape index (κ3) is 1.56. The topological polar surface area (TPSA) is 50.9 Å². The van der Waals surface area contributed by atoms with Crippen molar-refractivity contribution in [1.82, 2.24) is 14.8 Å². The van der Waals surface area contributed by atoms with Gasteiger partial charge in [0.25, 0.3) is 0 Å². The van der Waals surface area contributed by atoms with Gasteiger partial charge in [-0.15, -0.1) is 5.10 Å². The number of aromatic nitrogens is 3. The Kier molecular flexibility index (Phi) is 2.13. The van der Waals surface area contributed by atoms with Gasteiger partial charge in [-0.05, 0) is 35.9 Å². The van der Waals surface area contributed by atoms with Gasteiger partial charge in [0.1, 0.15) is 5.75 Å². The molecule has 0 saturated heterocycles. The van der Waals surface area contributed by atoms with E-state index in [9.17, 15) is 0 Å². The van der Waals surface area contributed by atoms with Gasteiger partial charge in [-0.25, -0.2) is 4.68 Å². The molecule has 0 aliphatic carbocycles. The van der Waals surface area contributed by atoms with Crippen molar-refractivity contribution in [2.45, 2.75) is 0 Å². The second-order valence-electron chi connectivity index (χ2n) is 2.87. The van der Waals surface area contributed by atoms with Crippen LogP contribution >= 0.6 is 11.6 Å². The molecule has 2 aromatic rings. The van der Waals surface area contributed by atoms with Gasteiger partial charge >= 0.3 is 0 Å². The maximum atomic E-state index is 9.09. The van der Waals surface area contributed by atoms with Crippen LogP contribution in [-0.2, 0) is 7.05 Å². The minimum absolute atomic E-state index is 0.218. The van der Waals surface area contributed by atoms with E-state index in [1.54, 1.807) is 31.3 Å². The Bertz CT molecular complexity index is 430. The number of aryl methyl sites for hydroxylation is 1. The first-order valence-corrected chi connectivity index (χ1v) is 4.40. The summed E-state index contributed by atoms with van der Waals surface area (Å²) >= 11 is 5.75. The van der Waals surface area contributed by atoms with Gasteiger partial charge in [-0.2, -0.15) is 4.98 Å². The monoisotopic (exact) mass is 209 g/mol. The molecule has 0 amide bonds. The van der Waals surface area contributed by atoms with Crippen LogP contribution in [0, 0.1) is 0 Å². The smallest absolute Gasteiger partial charge is 0.221 e. The van der Waals surface area contributed by atoms with Crippen molar-refractivity contribution in [3.05, 3.63) is 29.5 Å². The second kappa shape index (κ2) is 3.31. The quantitative estimate of drug-likeness (QED) is 0.780. The Labute approximate surface area is 85.8 Å². The molecule has 72 valence electrons. The van der Waals surface area contributed by atoms with Gasteiger partial charge in [0.15, 0.2) is 5.82 Å². The molecule has 14 heavy (non-hydrogen) atoms. The fraction of sp³-hybridized carbons (Fsp3) is 0.111. The normalized spacial score (nSPS) is 10.4. The van der Waals surface area contributed by atoms with E-state index in [-0.39, 0.29) is 5.75 Å². The second-order valence-corrected chi connectivity index (χ2v) is 3.21. The van der Waals surface area contributed by atoms with Gasteiger partial charge in [-0.1, -0.05) is 0 Å². The van der Waals surface area contributed by atoms with Crippen molar-refractivity contribution >= 4 is 11.6 Å². The number of rotatable bonds is 1. The van der Waals surface area contributed by atoms with Crippen LogP contribution in [0.2, 0.25) is 5.28 Å². The lowest BCUT2D eigenvalue weighted by Crippen LogP contribution is -1.89. The first-order chi connectivity index (χ1) is 6.66. The van der Waals surface area contributed by atoms with Crippen molar-refractivity contribution in [2.24, 2.45) is 7.05 Å². The van der Waals surface area contributed by atoms with Crippen LogP contribution in [0.15, 0.2) is 24.3 Å². The van der Waals surface area contributed by atoms with Crippen LogP contribution in [0.1, 0.15) is 0 Å². The fourth-order valence-electron chi connectivity index (χ4n) is 1.10. The van der Waals surface area contributed by atoms with Gasteiger partial charge in [0.05, 0.1) is 0 Å². The molecule has 0 saturated carbocycles. The number of aromatic hydroxyl groups is 1. The molecule has 0 atom stereocenters. The molecule has 5 heteroatoms. The molecule has 0 spiro atoms. The average molecular weight is 210 g/mol. The first-order valence-electron chi connectivity index (χ1n) is 4.03. The van der Waals surface area contributed by atoms with E-state index in [1.165, 1.54) is 4.68 Å². The van der Waals surface area contributed by atoms with Crippen LogP contribution in [0.5, 0.6) is 5.75 Å². The van der Waals surface area contributed by atoms with E-state index in [0.717, 1.165) is 5.56 Å². The Morgan fingerprint density at radius 3 is 2.43 bits per heavy atom. The summed E-state index contributed by atoms with van der Waals surface area (Å²) in [5, 5.41) is 13.5. The van der Waals surface area contributed by atoms with Crippen LogP contribution in [-0.4, -0.2) is 19.9 Å². The summed E-state index contributed by atoms with van der Waals surface area (Å²) in [6.07, 6.45) is 0. The van der Waals surface area contributed by atoms with Gasteiger partial charge in [-0.3, -0.25) is 0 Å². The highest BCUT2D eigenvalue weighted by Gasteiger charge is 2.06. The van der Waals surface area contributed by atoms with Crippen LogP contribution in [0.25, 0.3) is 11.4 Å². The molecule has 0 aliphatic rings. The predicted octanol–water partition coefficient (Wildman–Crippen LogP) is 1.84. The maximum Gasteiger partial charge on any atom is 0.221 e. The number of hydrogen-bond acceptors (Lipinski definition) is 3. The Hall–Kier alpha value is -1.55. The fourth-order valence-corrected chi connectivity index (χ4v) is 1.22. The van der Waals surface area contributed by atoms with E-state index >= 15 is 0 Å².